The van der Waals surface area contributed by atoms with Gasteiger partial charge in [0.15, 0.2) is 0 Å². The first-order chi connectivity index (χ1) is 9.79. The van der Waals surface area contributed by atoms with Crippen LogP contribution in [0.5, 0.6) is 0 Å². The summed E-state index contributed by atoms with van der Waals surface area (Å²) in [5, 5.41) is 2.63. The Morgan fingerprint density at radius 3 is 2.19 bits per heavy atom. The number of rotatable bonds is 0. The second kappa shape index (κ2) is 4.56. The molecule has 0 fully saturated rings. The molecule has 2 aromatic carbocycles. The summed E-state index contributed by atoms with van der Waals surface area (Å²) in [6.45, 7) is 13.4. The van der Waals surface area contributed by atoms with Gasteiger partial charge in [-0.2, -0.15) is 0 Å². The Morgan fingerprint density at radius 1 is 0.857 bits per heavy atom. The summed E-state index contributed by atoms with van der Waals surface area (Å²) in [6, 6.07) is 11.0. The maximum atomic E-state index is 4.95. The van der Waals surface area contributed by atoms with E-state index in [1.54, 1.807) is 0 Å². The number of benzene rings is 2. The molecule has 1 heteroatoms. The number of pyridine rings is 1. The van der Waals surface area contributed by atoms with Gasteiger partial charge in [-0.05, 0) is 55.0 Å². The second-order valence-corrected chi connectivity index (χ2v) is 7.18. The normalized spacial score (nSPS) is 12.3. The predicted octanol–water partition coefficient (Wildman–Crippen LogP) is 5.61. The van der Waals surface area contributed by atoms with Crippen molar-refractivity contribution in [3.05, 3.63) is 52.6 Å². The topological polar surface area (TPSA) is 12.9 Å². The molecule has 0 bridgehead atoms. The Bertz CT molecular complexity index is 851. The van der Waals surface area contributed by atoms with Crippen LogP contribution in [0, 0.1) is 20.8 Å². The summed E-state index contributed by atoms with van der Waals surface area (Å²) in [4.78, 5) is 4.95. The monoisotopic (exact) mass is 277 g/mol. The van der Waals surface area contributed by atoms with Gasteiger partial charge in [0.1, 0.15) is 0 Å². The molecule has 3 aromatic rings. The lowest BCUT2D eigenvalue weighted by Crippen LogP contribution is -2.14. The first-order valence-electron chi connectivity index (χ1n) is 7.60. The standard InChI is InChI=1S/C20H23N/c1-12-7-10-16-15(11-12)18(20(4,5)6)17-13(2)8-9-14(3)19(17)21-16/h7-11H,1-6H3. The van der Waals surface area contributed by atoms with Gasteiger partial charge in [0.05, 0.1) is 11.0 Å². The van der Waals surface area contributed by atoms with Crippen LogP contribution in [-0.2, 0) is 5.41 Å². The molecule has 0 aliphatic carbocycles. The predicted molar refractivity (Wildman–Crippen MR) is 92.2 cm³/mol. The Morgan fingerprint density at radius 2 is 1.52 bits per heavy atom. The van der Waals surface area contributed by atoms with Gasteiger partial charge in [-0.1, -0.05) is 44.5 Å². The van der Waals surface area contributed by atoms with Crippen LogP contribution in [0.3, 0.4) is 0 Å². The first kappa shape index (κ1) is 14.1. The van der Waals surface area contributed by atoms with Crippen molar-refractivity contribution in [2.45, 2.75) is 47.0 Å². The molecule has 21 heavy (non-hydrogen) atoms. The van der Waals surface area contributed by atoms with E-state index in [0.717, 1.165) is 11.0 Å². The highest BCUT2D eigenvalue weighted by Gasteiger charge is 2.22. The molecule has 0 aliphatic rings. The van der Waals surface area contributed by atoms with Gasteiger partial charge in [-0.3, -0.25) is 0 Å². The lowest BCUT2D eigenvalue weighted by atomic mass is 9.80. The fourth-order valence-corrected chi connectivity index (χ4v) is 3.24. The Labute approximate surface area is 127 Å². The van der Waals surface area contributed by atoms with E-state index in [1.165, 1.54) is 33.0 Å². The van der Waals surface area contributed by atoms with Gasteiger partial charge in [0.2, 0.25) is 0 Å². The number of nitrogens with zero attached hydrogens (tertiary/aromatic N) is 1. The average Bonchev–Trinajstić information content (AvgIpc) is 2.39. The van der Waals surface area contributed by atoms with Gasteiger partial charge >= 0.3 is 0 Å². The van der Waals surface area contributed by atoms with E-state index in [4.69, 9.17) is 4.98 Å². The fourth-order valence-electron chi connectivity index (χ4n) is 3.24. The SMILES string of the molecule is Cc1ccc2nc3c(C)ccc(C)c3c(C(C)(C)C)c2c1. The number of hydrogen-bond acceptors (Lipinski definition) is 1. The van der Waals surface area contributed by atoms with Crippen molar-refractivity contribution in [1.82, 2.24) is 4.98 Å². The summed E-state index contributed by atoms with van der Waals surface area (Å²) < 4.78 is 0. The van der Waals surface area contributed by atoms with Gasteiger partial charge in [-0.25, -0.2) is 4.98 Å². The first-order valence-corrected chi connectivity index (χ1v) is 7.60. The average molecular weight is 277 g/mol. The van der Waals surface area contributed by atoms with Crippen LogP contribution in [-0.4, -0.2) is 4.98 Å². The van der Waals surface area contributed by atoms with E-state index in [2.05, 4.69) is 71.9 Å². The Hall–Kier alpha value is -1.89. The smallest absolute Gasteiger partial charge is 0.0744 e. The molecule has 0 saturated carbocycles. The molecule has 0 unspecified atom stereocenters. The van der Waals surface area contributed by atoms with Crippen LogP contribution in [0.2, 0.25) is 0 Å². The third kappa shape index (κ3) is 2.21. The zero-order chi connectivity index (χ0) is 15.4. The van der Waals surface area contributed by atoms with Gasteiger partial charge in [0, 0.05) is 10.8 Å². The van der Waals surface area contributed by atoms with Crippen molar-refractivity contribution in [1.29, 1.82) is 0 Å². The van der Waals surface area contributed by atoms with E-state index in [1.807, 2.05) is 0 Å². The summed E-state index contributed by atoms with van der Waals surface area (Å²) in [6.07, 6.45) is 0. The minimum atomic E-state index is 0.0891. The highest BCUT2D eigenvalue weighted by molar-refractivity contribution is 6.01. The molecule has 0 spiro atoms. The molecule has 0 amide bonds. The van der Waals surface area contributed by atoms with E-state index in [9.17, 15) is 0 Å². The minimum Gasteiger partial charge on any atom is -0.247 e. The zero-order valence-electron chi connectivity index (χ0n) is 13.8. The molecule has 0 atom stereocenters. The van der Waals surface area contributed by atoms with E-state index >= 15 is 0 Å². The number of aromatic nitrogens is 1. The molecule has 108 valence electrons. The van der Waals surface area contributed by atoms with Crippen molar-refractivity contribution in [3.8, 4) is 0 Å². The summed E-state index contributed by atoms with van der Waals surface area (Å²) in [5.74, 6) is 0. The highest BCUT2D eigenvalue weighted by Crippen LogP contribution is 2.38. The number of fused-ring (bicyclic) bond motifs is 2. The van der Waals surface area contributed by atoms with Crippen molar-refractivity contribution in [2.75, 3.05) is 0 Å². The summed E-state index contributed by atoms with van der Waals surface area (Å²) >= 11 is 0. The molecule has 0 N–H and O–H groups in total. The molecule has 0 saturated heterocycles. The molecule has 3 rings (SSSR count). The largest absolute Gasteiger partial charge is 0.247 e. The maximum absolute atomic E-state index is 4.95. The summed E-state index contributed by atoms with van der Waals surface area (Å²) in [5.41, 5.74) is 7.63. The van der Waals surface area contributed by atoms with Crippen LogP contribution in [0.1, 0.15) is 43.0 Å². The minimum absolute atomic E-state index is 0.0891. The van der Waals surface area contributed by atoms with Crippen molar-refractivity contribution in [3.63, 3.8) is 0 Å². The zero-order valence-corrected chi connectivity index (χ0v) is 13.8. The third-order valence-corrected chi connectivity index (χ3v) is 4.24. The Kier molecular flexibility index (Phi) is 3.05. The van der Waals surface area contributed by atoms with Gasteiger partial charge in [-0.15, -0.1) is 0 Å². The van der Waals surface area contributed by atoms with Crippen molar-refractivity contribution >= 4 is 21.8 Å². The molecular weight excluding hydrogens is 254 g/mol. The molecule has 0 radical (unpaired) electrons. The van der Waals surface area contributed by atoms with Gasteiger partial charge < -0.3 is 0 Å². The van der Waals surface area contributed by atoms with E-state index in [-0.39, 0.29) is 5.41 Å². The quantitative estimate of drug-likeness (QED) is 0.487. The van der Waals surface area contributed by atoms with Crippen LogP contribution in [0.4, 0.5) is 0 Å². The molecular formula is C20H23N. The lowest BCUT2D eigenvalue weighted by Gasteiger charge is -2.25. The van der Waals surface area contributed by atoms with Crippen molar-refractivity contribution < 1.29 is 0 Å². The molecule has 1 heterocycles. The van der Waals surface area contributed by atoms with Crippen LogP contribution in [0.15, 0.2) is 30.3 Å². The van der Waals surface area contributed by atoms with Crippen LogP contribution in [0.25, 0.3) is 21.8 Å². The Balaban J connectivity index is 2.66. The molecule has 1 nitrogen and oxygen atoms in total. The van der Waals surface area contributed by atoms with Crippen LogP contribution < -0.4 is 0 Å². The van der Waals surface area contributed by atoms with Crippen LogP contribution >= 0.6 is 0 Å². The summed E-state index contributed by atoms with van der Waals surface area (Å²) in [7, 11) is 0. The number of hydrogen-bond donors (Lipinski definition) is 0. The lowest BCUT2D eigenvalue weighted by molar-refractivity contribution is 0.600. The highest BCUT2D eigenvalue weighted by atomic mass is 14.7. The van der Waals surface area contributed by atoms with Crippen molar-refractivity contribution in [2.24, 2.45) is 0 Å². The van der Waals surface area contributed by atoms with Gasteiger partial charge in [0.25, 0.3) is 0 Å². The number of aryl methyl sites for hydroxylation is 3. The fraction of sp³-hybridized carbons (Fsp3) is 0.350. The van der Waals surface area contributed by atoms with E-state index < -0.39 is 0 Å². The molecule has 0 aliphatic heterocycles. The third-order valence-electron chi connectivity index (χ3n) is 4.24. The molecule has 1 aromatic heterocycles. The maximum Gasteiger partial charge on any atom is 0.0744 e. The van der Waals surface area contributed by atoms with E-state index in [0.29, 0.717) is 0 Å². The second-order valence-electron chi connectivity index (χ2n) is 7.18.